The zero-order valence-electron chi connectivity index (χ0n) is 11.0. The molecule has 3 nitrogen and oxygen atoms in total. The van der Waals surface area contributed by atoms with Gasteiger partial charge >= 0.3 is 0 Å². The highest BCUT2D eigenvalue weighted by Crippen LogP contribution is 2.19. The number of amides is 1. The lowest BCUT2D eigenvalue weighted by atomic mass is 9.88. The predicted molar refractivity (Wildman–Crippen MR) is 73.9 cm³/mol. The third-order valence-electron chi connectivity index (χ3n) is 3.37. The van der Waals surface area contributed by atoms with Gasteiger partial charge in [-0.15, -0.1) is 0 Å². The molecule has 2 N–H and O–H groups in total. The summed E-state index contributed by atoms with van der Waals surface area (Å²) in [5.41, 5.74) is -0.398. The van der Waals surface area contributed by atoms with Crippen LogP contribution in [0.4, 0.5) is 0 Å². The summed E-state index contributed by atoms with van der Waals surface area (Å²) in [7, 11) is 0. The van der Waals surface area contributed by atoms with Gasteiger partial charge in [0.25, 0.3) is 5.91 Å². The van der Waals surface area contributed by atoms with Crippen LogP contribution in [-0.4, -0.2) is 23.2 Å². The Balaban J connectivity index is 2.61. The summed E-state index contributed by atoms with van der Waals surface area (Å²) < 4.78 is 0. The minimum Gasteiger partial charge on any atom is -0.388 e. The van der Waals surface area contributed by atoms with Crippen molar-refractivity contribution in [3.8, 4) is 0 Å². The van der Waals surface area contributed by atoms with Crippen LogP contribution >= 0.6 is 11.6 Å². The third kappa shape index (κ3) is 4.00. The Morgan fingerprint density at radius 3 is 2.78 bits per heavy atom. The Kier molecular flexibility index (Phi) is 5.17. The van der Waals surface area contributed by atoms with E-state index in [1.54, 1.807) is 31.2 Å². The van der Waals surface area contributed by atoms with Gasteiger partial charge in [0.15, 0.2) is 0 Å². The highest BCUT2D eigenvalue weighted by molar-refractivity contribution is 6.30. The van der Waals surface area contributed by atoms with Crippen LogP contribution in [0, 0.1) is 5.92 Å². The van der Waals surface area contributed by atoms with E-state index >= 15 is 0 Å². The zero-order chi connectivity index (χ0) is 13.8. The van der Waals surface area contributed by atoms with Crippen LogP contribution in [0.5, 0.6) is 0 Å². The first-order valence-corrected chi connectivity index (χ1v) is 6.50. The summed E-state index contributed by atoms with van der Waals surface area (Å²) in [4.78, 5) is 11.9. The fourth-order valence-corrected chi connectivity index (χ4v) is 1.80. The van der Waals surface area contributed by atoms with Crippen LogP contribution in [0.2, 0.25) is 5.02 Å². The maximum atomic E-state index is 11.9. The third-order valence-corrected chi connectivity index (χ3v) is 3.60. The van der Waals surface area contributed by atoms with Crippen molar-refractivity contribution in [2.45, 2.75) is 32.8 Å². The van der Waals surface area contributed by atoms with Gasteiger partial charge in [0.05, 0.1) is 5.60 Å². The number of aliphatic hydroxyl groups is 1. The highest BCUT2D eigenvalue weighted by atomic mass is 35.5. The molecule has 0 aliphatic heterocycles. The molecule has 0 heterocycles. The van der Waals surface area contributed by atoms with Crippen molar-refractivity contribution in [2.24, 2.45) is 5.92 Å². The molecule has 2 atom stereocenters. The molecule has 0 bridgehead atoms. The minimum absolute atomic E-state index is 0.122. The Morgan fingerprint density at radius 2 is 2.22 bits per heavy atom. The molecule has 2 unspecified atom stereocenters. The number of halogens is 1. The first-order valence-electron chi connectivity index (χ1n) is 6.13. The van der Waals surface area contributed by atoms with Crippen molar-refractivity contribution in [1.29, 1.82) is 0 Å². The first-order chi connectivity index (χ1) is 8.36. The molecule has 100 valence electrons. The maximum absolute atomic E-state index is 11.9. The van der Waals surface area contributed by atoms with E-state index in [2.05, 4.69) is 5.32 Å². The summed E-state index contributed by atoms with van der Waals surface area (Å²) in [5.74, 6) is -0.0989. The minimum atomic E-state index is -0.900. The van der Waals surface area contributed by atoms with E-state index in [4.69, 9.17) is 11.6 Å². The van der Waals surface area contributed by atoms with Gasteiger partial charge in [-0.25, -0.2) is 0 Å². The van der Waals surface area contributed by atoms with E-state index in [9.17, 15) is 9.90 Å². The lowest BCUT2D eigenvalue weighted by Crippen LogP contribution is -2.45. The molecule has 0 aliphatic carbocycles. The molecule has 0 spiro atoms. The summed E-state index contributed by atoms with van der Waals surface area (Å²) in [6, 6.07) is 6.74. The van der Waals surface area contributed by atoms with Gasteiger partial charge in [0, 0.05) is 17.1 Å². The van der Waals surface area contributed by atoms with Gasteiger partial charge in [-0.2, -0.15) is 0 Å². The Labute approximate surface area is 113 Å². The second-order valence-corrected chi connectivity index (χ2v) is 5.30. The molecule has 0 radical (unpaired) electrons. The van der Waals surface area contributed by atoms with E-state index in [0.29, 0.717) is 10.6 Å². The van der Waals surface area contributed by atoms with Gasteiger partial charge in [-0.3, -0.25) is 4.79 Å². The summed E-state index contributed by atoms with van der Waals surface area (Å²) in [6.07, 6.45) is 0.861. The van der Waals surface area contributed by atoms with Gasteiger partial charge < -0.3 is 10.4 Å². The van der Waals surface area contributed by atoms with Gasteiger partial charge in [0.1, 0.15) is 0 Å². The molecule has 0 aliphatic rings. The van der Waals surface area contributed by atoms with E-state index in [0.717, 1.165) is 6.42 Å². The molecule has 0 saturated heterocycles. The standard InChI is InChI=1S/C14H20ClNO2/c1-4-10(2)14(3,18)9-16-13(17)11-6-5-7-12(15)8-11/h5-8,10,18H,4,9H2,1-3H3,(H,16,17). The predicted octanol–water partition coefficient (Wildman–Crippen LogP) is 2.87. The van der Waals surface area contributed by atoms with Crippen molar-refractivity contribution in [2.75, 3.05) is 6.54 Å². The van der Waals surface area contributed by atoms with Crippen molar-refractivity contribution in [1.82, 2.24) is 5.32 Å². The summed E-state index contributed by atoms with van der Waals surface area (Å²) >= 11 is 5.82. The van der Waals surface area contributed by atoms with Gasteiger partial charge in [-0.05, 0) is 31.0 Å². The largest absolute Gasteiger partial charge is 0.388 e. The molecule has 0 fully saturated rings. The normalized spacial score (nSPS) is 15.8. The topological polar surface area (TPSA) is 49.3 Å². The van der Waals surface area contributed by atoms with Crippen LogP contribution in [-0.2, 0) is 0 Å². The quantitative estimate of drug-likeness (QED) is 0.864. The molecule has 1 aromatic rings. The van der Waals surface area contributed by atoms with Crippen LogP contribution in [0.25, 0.3) is 0 Å². The van der Waals surface area contributed by atoms with Crippen LogP contribution in [0.3, 0.4) is 0 Å². The average molecular weight is 270 g/mol. The van der Waals surface area contributed by atoms with E-state index in [1.807, 2.05) is 13.8 Å². The SMILES string of the molecule is CCC(C)C(C)(O)CNC(=O)c1cccc(Cl)c1. The smallest absolute Gasteiger partial charge is 0.251 e. The number of carbonyl (C=O) groups is 1. The second-order valence-electron chi connectivity index (χ2n) is 4.86. The zero-order valence-corrected chi connectivity index (χ0v) is 11.8. The molecule has 18 heavy (non-hydrogen) atoms. The Bertz CT molecular complexity index is 418. The van der Waals surface area contributed by atoms with E-state index < -0.39 is 5.60 Å². The van der Waals surface area contributed by atoms with E-state index in [-0.39, 0.29) is 18.4 Å². The second kappa shape index (κ2) is 6.21. The number of carbonyl (C=O) groups excluding carboxylic acids is 1. The molecular formula is C14H20ClNO2. The molecule has 0 aromatic heterocycles. The Hall–Kier alpha value is -1.06. The number of hydrogen-bond donors (Lipinski definition) is 2. The summed E-state index contributed by atoms with van der Waals surface area (Å²) in [5, 5.41) is 13.5. The van der Waals surface area contributed by atoms with Crippen LogP contribution in [0.1, 0.15) is 37.6 Å². The lowest BCUT2D eigenvalue weighted by Gasteiger charge is -2.29. The highest BCUT2D eigenvalue weighted by Gasteiger charge is 2.27. The fourth-order valence-electron chi connectivity index (χ4n) is 1.60. The summed E-state index contributed by atoms with van der Waals surface area (Å²) in [6.45, 7) is 5.94. The number of nitrogens with one attached hydrogen (secondary N) is 1. The van der Waals surface area contributed by atoms with Crippen molar-refractivity contribution < 1.29 is 9.90 Å². The number of rotatable bonds is 5. The number of benzene rings is 1. The Morgan fingerprint density at radius 1 is 1.56 bits per heavy atom. The molecule has 4 heteroatoms. The van der Waals surface area contributed by atoms with E-state index in [1.165, 1.54) is 0 Å². The number of hydrogen-bond acceptors (Lipinski definition) is 2. The fraction of sp³-hybridized carbons (Fsp3) is 0.500. The van der Waals surface area contributed by atoms with Gasteiger partial charge in [-0.1, -0.05) is 37.9 Å². The molecule has 1 amide bonds. The lowest BCUT2D eigenvalue weighted by molar-refractivity contribution is 0.00593. The van der Waals surface area contributed by atoms with Crippen molar-refractivity contribution >= 4 is 17.5 Å². The molecular weight excluding hydrogens is 250 g/mol. The maximum Gasteiger partial charge on any atom is 0.251 e. The van der Waals surface area contributed by atoms with Crippen molar-refractivity contribution in [3.63, 3.8) is 0 Å². The van der Waals surface area contributed by atoms with Crippen LogP contribution < -0.4 is 5.32 Å². The molecule has 1 aromatic carbocycles. The van der Waals surface area contributed by atoms with Crippen molar-refractivity contribution in [3.05, 3.63) is 34.9 Å². The van der Waals surface area contributed by atoms with Crippen LogP contribution in [0.15, 0.2) is 24.3 Å². The average Bonchev–Trinajstić information content (AvgIpc) is 2.35. The first kappa shape index (κ1) is 15.0. The van der Waals surface area contributed by atoms with Gasteiger partial charge in [0.2, 0.25) is 0 Å². The molecule has 1 rings (SSSR count). The molecule has 0 saturated carbocycles. The monoisotopic (exact) mass is 269 g/mol.